The molecule has 0 radical (unpaired) electrons. The first-order valence-corrected chi connectivity index (χ1v) is 6.23. The third-order valence-corrected chi connectivity index (χ3v) is 2.74. The number of carbonyl (C=O) groups is 1. The highest BCUT2D eigenvalue weighted by Crippen LogP contribution is 2.18. The summed E-state index contributed by atoms with van der Waals surface area (Å²) in [6, 6.07) is 6.58. The lowest BCUT2D eigenvalue weighted by Crippen LogP contribution is -2.14. The van der Waals surface area contributed by atoms with Crippen LogP contribution in [0.25, 0.3) is 0 Å². The first-order valence-electron chi connectivity index (χ1n) is 6.23. The number of aromatic nitrogens is 1. The first-order chi connectivity index (χ1) is 10.1. The van der Waals surface area contributed by atoms with E-state index >= 15 is 0 Å². The Morgan fingerprint density at radius 2 is 2.24 bits per heavy atom. The Morgan fingerprint density at radius 1 is 1.43 bits per heavy atom. The maximum atomic E-state index is 13.5. The van der Waals surface area contributed by atoms with Gasteiger partial charge in [0.25, 0.3) is 5.91 Å². The maximum Gasteiger partial charge on any atom is 0.258 e. The number of amides is 1. The number of aliphatic hydroxyl groups is 1. The minimum Gasteiger partial charge on any atom is -0.384 e. The number of pyridine rings is 1. The van der Waals surface area contributed by atoms with Gasteiger partial charge in [-0.3, -0.25) is 9.78 Å². The van der Waals surface area contributed by atoms with Gasteiger partial charge < -0.3 is 10.4 Å². The second kappa shape index (κ2) is 6.64. The minimum absolute atomic E-state index is 0.0911. The number of hydrogen-bond acceptors (Lipinski definition) is 3. The van der Waals surface area contributed by atoms with Crippen LogP contribution in [-0.2, 0) is 0 Å². The summed E-state index contributed by atoms with van der Waals surface area (Å²) in [4.78, 5) is 15.7. The van der Waals surface area contributed by atoms with Gasteiger partial charge in [-0.15, -0.1) is 0 Å². The Labute approximate surface area is 121 Å². The topological polar surface area (TPSA) is 62.2 Å². The highest BCUT2D eigenvalue weighted by Gasteiger charge is 2.12. The molecule has 106 valence electrons. The highest BCUT2D eigenvalue weighted by molar-refractivity contribution is 6.05. The van der Waals surface area contributed by atoms with Crippen molar-refractivity contribution in [2.24, 2.45) is 0 Å². The fourth-order valence-electron chi connectivity index (χ4n) is 1.75. The molecule has 1 heterocycles. The van der Waals surface area contributed by atoms with E-state index in [-0.39, 0.29) is 12.2 Å². The van der Waals surface area contributed by atoms with Crippen LogP contribution in [0, 0.1) is 24.6 Å². The van der Waals surface area contributed by atoms with Crippen molar-refractivity contribution in [2.75, 3.05) is 11.9 Å². The van der Waals surface area contributed by atoms with Crippen LogP contribution in [0.4, 0.5) is 10.1 Å². The average Bonchev–Trinajstić information content (AvgIpc) is 2.47. The van der Waals surface area contributed by atoms with Crippen molar-refractivity contribution >= 4 is 11.6 Å². The number of rotatable bonds is 2. The van der Waals surface area contributed by atoms with E-state index in [0.717, 1.165) is 11.8 Å². The lowest BCUT2D eigenvalue weighted by molar-refractivity contribution is 0.102. The lowest BCUT2D eigenvalue weighted by Gasteiger charge is -2.09. The Bertz CT molecular complexity index is 733. The average molecular weight is 284 g/mol. The van der Waals surface area contributed by atoms with Crippen molar-refractivity contribution in [1.29, 1.82) is 0 Å². The fraction of sp³-hybridized carbons (Fsp3) is 0.125. The summed E-state index contributed by atoms with van der Waals surface area (Å²) in [5, 5.41) is 11.4. The van der Waals surface area contributed by atoms with E-state index in [1.165, 1.54) is 12.3 Å². The second-order valence-electron chi connectivity index (χ2n) is 4.32. The molecule has 0 saturated heterocycles. The molecule has 1 amide bonds. The molecule has 0 spiro atoms. The van der Waals surface area contributed by atoms with E-state index in [4.69, 9.17) is 5.11 Å². The van der Waals surface area contributed by atoms with Crippen LogP contribution in [0.15, 0.2) is 36.7 Å². The molecular formula is C16H13FN2O2. The standard InChI is InChI=1S/C16H13FN2O2/c1-11-4-5-15(12(9-11)3-2-8-20)19-16(21)13-6-7-18-10-14(13)17/h4-7,9-10,20H,8H2,1H3,(H,19,21). The summed E-state index contributed by atoms with van der Waals surface area (Å²) in [7, 11) is 0. The zero-order valence-electron chi connectivity index (χ0n) is 11.4. The van der Waals surface area contributed by atoms with Gasteiger partial charge >= 0.3 is 0 Å². The molecule has 21 heavy (non-hydrogen) atoms. The highest BCUT2D eigenvalue weighted by atomic mass is 19.1. The Hall–Kier alpha value is -2.71. The van der Waals surface area contributed by atoms with Crippen LogP contribution in [0.2, 0.25) is 0 Å². The number of nitrogens with zero attached hydrogens (tertiary/aromatic N) is 1. The van der Waals surface area contributed by atoms with Crippen molar-refractivity contribution in [3.63, 3.8) is 0 Å². The molecule has 0 bridgehead atoms. The Balaban J connectivity index is 2.31. The zero-order valence-corrected chi connectivity index (χ0v) is 11.4. The van der Waals surface area contributed by atoms with Gasteiger partial charge in [-0.05, 0) is 30.7 Å². The van der Waals surface area contributed by atoms with E-state index in [0.29, 0.717) is 11.3 Å². The van der Waals surface area contributed by atoms with Gasteiger partial charge in [-0.2, -0.15) is 0 Å². The number of hydrogen-bond donors (Lipinski definition) is 2. The third kappa shape index (κ3) is 3.65. The first kappa shape index (κ1) is 14.7. The van der Waals surface area contributed by atoms with Gasteiger partial charge in [0, 0.05) is 11.8 Å². The molecule has 0 aliphatic rings. The molecular weight excluding hydrogens is 271 g/mol. The molecule has 0 saturated carbocycles. The monoisotopic (exact) mass is 284 g/mol. The summed E-state index contributed by atoms with van der Waals surface area (Å²) in [6.07, 6.45) is 2.33. The summed E-state index contributed by atoms with van der Waals surface area (Å²) in [6.45, 7) is 1.61. The number of benzene rings is 1. The molecule has 0 fully saturated rings. The predicted octanol–water partition coefficient (Wildman–Crippen LogP) is 2.13. The molecule has 2 N–H and O–H groups in total. The number of halogens is 1. The van der Waals surface area contributed by atoms with Crippen LogP contribution < -0.4 is 5.32 Å². The quantitative estimate of drug-likeness (QED) is 0.830. The smallest absolute Gasteiger partial charge is 0.258 e. The van der Waals surface area contributed by atoms with Crippen LogP contribution in [-0.4, -0.2) is 22.6 Å². The molecule has 0 aliphatic heterocycles. The summed E-state index contributed by atoms with van der Waals surface area (Å²) in [5.74, 6) is 4.01. The largest absolute Gasteiger partial charge is 0.384 e. The van der Waals surface area contributed by atoms with Crippen molar-refractivity contribution in [2.45, 2.75) is 6.92 Å². The van der Waals surface area contributed by atoms with Crippen LogP contribution in [0.3, 0.4) is 0 Å². The van der Waals surface area contributed by atoms with Crippen molar-refractivity contribution in [1.82, 2.24) is 4.98 Å². The second-order valence-corrected chi connectivity index (χ2v) is 4.32. The molecule has 4 nitrogen and oxygen atoms in total. The number of carbonyl (C=O) groups excluding carboxylic acids is 1. The minimum atomic E-state index is -0.690. The van der Waals surface area contributed by atoms with Crippen molar-refractivity contribution in [3.8, 4) is 11.8 Å². The van der Waals surface area contributed by atoms with E-state index in [1.54, 1.807) is 12.1 Å². The van der Waals surface area contributed by atoms with Crippen molar-refractivity contribution < 1.29 is 14.3 Å². The maximum absolute atomic E-state index is 13.5. The van der Waals surface area contributed by atoms with E-state index < -0.39 is 11.7 Å². The van der Waals surface area contributed by atoms with E-state index in [1.807, 2.05) is 13.0 Å². The molecule has 0 aliphatic carbocycles. The van der Waals surface area contributed by atoms with Gasteiger partial charge in [-0.25, -0.2) is 4.39 Å². The molecule has 1 aromatic heterocycles. The number of anilines is 1. The van der Waals surface area contributed by atoms with Gasteiger partial charge in [-0.1, -0.05) is 17.9 Å². The third-order valence-electron chi connectivity index (χ3n) is 2.74. The predicted molar refractivity (Wildman–Crippen MR) is 77.3 cm³/mol. The molecule has 0 unspecified atom stereocenters. The van der Waals surface area contributed by atoms with Crippen LogP contribution >= 0.6 is 0 Å². The SMILES string of the molecule is Cc1ccc(NC(=O)c2ccncc2F)c(C#CCO)c1. The van der Waals surface area contributed by atoms with E-state index in [9.17, 15) is 9.18 Å². The molecule has 2 aromatic rings. The summed E-state index contributed by atoms with van der Waals surface area (Å²) < 4.78 is 13.5. The molecule has 5 heteroatoms. The summed E-state index contributed by atoms with van der Waals surface area (Å²) >= 11 is 0. The number of nitrogens with one attached hydrogen (secondary N) is 1. The summed E-state index contributed by atoms with van der Waals surface area (Å²) in [5.41, 5.74) is 1.89. The van der Waals surface area contributed by atoms with Crippen molar-refractivity contribution in [3.05, 3.63) is 59.2 Å². The zero-order chi connectivity index (χ0) is 15.2. The van der Waals surface area contributed by atoms with Crippen LogP contribution in [0.5, 0.6) is 0 Å². The molecule has 2 rings (SSSR count). The van der Waals surface area contributed by atoms with Gasteiger partial charge in [0.05, 0.1) is 17.4 Å². The molecule has 0 atom stereocenters. The molecule has 1 aromatic carbocycles. The van der Waals surface area contributed by atoms with Crippen LogP contribution in [0.1, 0.15) is 21.5 Å². The van der Waals surface area contributed by atoms with Gasteiger partial charge in [0.1, 0.15) is 6.61 Å². The number of aryl methyl sites for hydroxylation is 1. The van der Waals surface area contributed by atoms with Gasteiger partial charge in [0.15, 0.2) is 5.82 Å². The normalized spacial score (nSPS) is 9.67. The number of aliphatic hydroxyl groups excluding tert-OH is 1. The Morgan fingerprint density at radius 3 is 2.95 bits per heavy atom. The lowest BCUT2D eigenvalue weighted by atomic mass is 10.1. The fourth-order valence-corrected chi connectivity index (χ4v) is 1.75. The Kier molecular flexibility index (Phi) is 4.64. The van der Waals surface area contributed by atoms with Gasteiger partial charge in [0.2, 0.25) is 0 Å². The van der Waals surface area contributed by atoms with E-state index in [2.05, 4.69) is 22.1 Å².